The SMILES string of the molecule is CCCc1cc(CN)nn1C(C)(C)C. The number of hydrogen-bond donors (Lipinski definition) is 1. The summed E-state index contributed by atoms with van der Waals surface area (Å²) in [7, 11) is 0. The molecule has 1 rings (SSSR count). The number of nitrogens with zero attached hydrogens (tertiary/aromatic N) is 2. The molecule has 1 aromatic heterocycles. The normalized spacial score (nSPS) is 12.1. The van der Waals surface area contributed by atoms with Crippen molar-refractivity contribution in [2.45, 2.75) is 52.6 Å². The molecule has 0 bridgehead atoms. The molecule has 1 heterocycles. The Labute approximate surface area is 86.3 Å². The molecule has 2 N–H and O–H groups in total. The van der Waals surface area contributed by atoms with Gasteiger partial charge >= 0.3 is 0 Å². The fourth-order valence-corrected chi connectivity index (χ4v) is 1.59. The smallest absolute Gasteiger partial charge is 0.0763 e. The van der Waals surface area contributed by atoms with Gasteiger partial charge in [0.15, 0.2) is 0 Å². The highest BCUT2D eigenvalue weighted by Gasteiger charge is 2.18. The van der Waals surface area contributed by atoms with Crippen molar-refractivity contribution in [3.05, 3.63) is 17.5 Å². The van der Waals surface area contributed by atoms with E-state index in [1.165, 1.54) is 5.69 Å². The van der Waals surface area contributed by atoms with Gasteiger partial charge in [0.25, 0.3) is 0 Å². The first kappa shape index (κ1) is 11.2. The van der Waals surface area contributed by atoms with Crippen LogP contribution in [-0.4, -0.2) is 9.78 Å². The molecular weight excluding hydrogens is 174 g/mol. The first-order valence-corrected chi connectivity index (χ1v) is 5.27. The molecule has 3 heteroatoms. The van der Waals surface area contributed by atoms with Gasteiger partial charge in [-0.3, -0.25) is 4.68 Å². The molecule has 0 saturated heterocycles. The molecule has 0 amide bonds. The first-order chi connectivity index (χ1) is 6.49. The minimum absolute atomic E-state index is 0.0535. The third kappa shape index (κ3) is 2.35. The molecular formula is C11H21N3. The maximum absolute atomic E-state index is 5.60. The number of aromatic nitrogens is 2. The third-order valence-electron chi connectivity index (χ3n) is 2.18. The van der Waals surface area contributed by atoms with Crippen LogP contribution in [-0.2, 0) is 18.5 Å². The van der Waals surface area contributed by atoms with Crippen LogP contribution >= 0.6 is 0 Å². The van der Waals surface area contributed by atoms with Crippen molar-refractivity contribution >= 4 is 0 Å². The molecule has 3 nitrogen and oxygen atoms in total. The van der Waals surface area contributed by atoms with E-state index >= 15 is 0 Å². The summed E-state index contributed by atoms with van der Waals surface area (Å²) in [5.41, 5.74) is 7.93. The fraction of sp³-hybridized carbons (Fsp3) is 0.727. The molecule has 0 aromatic carbocycles. The second-order valence-electron chi connectivity index (χ2n) is 4.66. The zero-order chi connectivity index (χ0) is 10.8. The second-order valence-corrected chi connectivity index (χ2v) is 4.66. The summed E-state index contributed by atoms with van der Waals surface area (Å²) in [5.74, 6) is 0. The topological polar surface area (TPSA) is 43.8 Å². The summed E-state index contributed by atoms with van der Waals surface area (Å²) < 4.78 is 2.10. The van der Waals surface area contributed by atoms with Crippen molar-refractivity contribution in [2.75, 3.05) is 0 Å². The van der Waals surface area contributed by atoms with Crippen LogP contribution in [0.25, 0.3) is 0 Å². The van der Waals surface area contributed by atoms with Crippen LogP contribution in [0.1, 0.15) is 45.5 Å². The van der Waals surface area contributed by atoms with Gasteiger partial charge in [-0.25, -0.2) is 0 Å². The standard InChI is InChI=1S/C11H21N3/c1-5-6-10-7-9(8-12)13-14(10)11(2,3)4/h7H,5-6,8,12H2,1-4H3. The summed E-state index contributed by atoms with van der Waals surface area (Å²) in [5, 5.41) is 4.51. The van der Waals surface area contributed by atoms with Gasteiger partial charge in [-0.05, 0) is 33.3 Å². The van der Waals surface area contributed by atoms with Crippen molar-refractivity contribution in [2.24, 2.45) is 5.73 Å². The van der Waals surface area contributed by atoms with Crippen molar-refractivity contribution in [3.8, 4) is 0 Å². The lowest BCUT2D eigenvalue weighted by Crippen LogP contribution is -2.25. The first-order valence-electron chi connectivity index (χ1n) is 5.27. The third-order valence-corrected chi connectivity index (χ3v) is 2.18. The van der Waals surface area contributed by atoms with Gasteiger partial charge in [-0.1, -0.05) is 13.3 Å². The highest BCUT2D eigenvalue weighted by molar-refractivity contribution is 5.12. The molecule has 0 spiro atoms. The van der Waals surface area contributed by atoms with Crippen LogP contribution in [0.15, 0.2) is 6.07 Å². The lowest BCUT2D eigenvalue weighted by molar-refractivity contribution is 0.341. The minimum atomic E-state index is 0.0535. The summed E-state index contributed by atoms with van der Waals surface area (Å²) in [6, 6.07) is 2.12. The molecule has 80 valence electrons. The molecule has 0 aliphatic carbocycles. The molecule has 0 fully saturated rings. The van der Waals surface area contributed by atoms with E-state index in [1.807, 2.05) is 0 Å². The number of aryl methyl sites for hydroxylation is 1. The average Bonchev–Trinajstić information content (AvgIpc) is 2.48. The predicted molar refractivity (Wildman–Crippen MR) is 59.1 cm³/mol. The van der Waals surface area contributed by atoms with Crippen LogP contribution in [0.5, 0.6) is 0 Å². The number of rotatable bonds is 3. The van der Waals surface area contributed by atoms with E-state index in [9.17, 15) is 0 Å². The van der Waals surface area contributed by atoms with Crippen molar-refractivity contribution in [1.82, 2.24) is 9.78 Å². The summed E-state index contributed by atoms with van der Waals surface area (Å²) in [4.78, 5) is 0. The molecule has 0 radical (unpaired) electrons. The molecule has 0 aliphatic rings. The second kappa shape index (κ2) is 4.13. The highest BCUT2D eigenvalue weighted by Crippen LogP contribution is 2.18. The van der Waals surface area contributed by atoms with Crippen molar-refractivity contribution in [1.29, 1.82) is 0 Å². The van der Waals surface area contributed by atoms with Crippen LogP contribution in [0.4, 0.5) is 0 Å². The van der Waals surface area contributed by atoms with E-state index in [-0.39, 0.29) is 5.54 Å². The minimum Gasteiger partial charge on any atom is -0.325 e. The van der Waals surface area contributed by atoms with Gasteiger partial charge in [-0.15, -0.1) is 0 Å². The van der Waals surface area contributed by atoms with Gasteiger partial charge in [0.05, 0.1) is 11.2 Å². The van der Waals surface area contributed by atoms with E-state index < -0.39 is 0 Å². The van der Waals surface area contributed by atoms with Gasteiger partial charge in [-0.2, -0.15) is 5.10 Å². The Bertz CT molecular complexity index is 294. The molecule has 14 heavy (non-hydrogen) atoms. The fourth-order valence-electron chi connectivity index (χ4n) is 1.59. The van der Waals surface area contributed by atoms with E-state index in [0.29, 0.717) is 6.54 Å². The maximum Gasteiger partial charge on any atom is 0.0763 e. The van der Waals surface area contributed by atoms with E-state index in [1.54, 1.807) is 0 Å². The Morgan fingerprint density at radius 3 is 2.50 bits per heavy atom. The van der Waals surface area contributed by atoms with Crippen molar-refractivity contribution in [3.63, 3.8) is 0 Å². The van der Waals surface area contributed by atoms with Crippen molar-refractivity contribution < 1.29 is 0 Å². The Morgan fingerprint density at radius 2 is 2.07 bits per heavy atom. The zero-order valence-electron chi connectivity index (χ0n) is 9.67. The summed E-state index contributed by atoms with van der Waals surface area (Å²) in [6.45, 7) is 9.21. The highest BCUT2D eigenvalue weighted by atomic mass is 15.3. The largest absolute Gasteiger partial charge is 0.325 e. The Hall–Kier alpha value is -0.830. The lowest BCUT2D eigenvalue weighted by atomic mass is 10.1. The average molecular weight is 195 g/mol. The zero-order valence-corrected chi connectivity index (χ0v) is 9.67. The Morgan fingerprint density at radius 1 is 1.43 bits per heavy atom. The van der Waals surface area contributed by atoms with Gasteiger partial charge in [0, 0.05) is 12.2 Å². The molecule has 1 aromatic rings. The summed E-state index contributed by atoms with van der Waals surface area (Å²) in [6.07, 6.45) is 2.22. The monoisotopic (exact) mass is 195 g/mol. The molecule has 0 saturated carbocycles. The molecule has 0 aliphatic heterocycles. The lowest BCUT2D eigenvalue weighted by Gasteiger charge is -2.22. The van der Waals surface area contributed by atoms with Crippen LogP contribution in [0.2, 0.25) is 0 Å². The van der Waals surface area contributed by atoms with E-state index in [0.717, 1.165) is 18.5 Å². The van der Waals surface area contributed by atoms with Gasteiger partial charge < -0.3 is 5.73 Å². The quantitative estimate of drug-likeness (QED) is 0.802. The van der Waals surface area contributed by atoms with E-state index in [4.69, 9.17) is 5.73 Å². The van der Waals surface area contributed by atoms with Crippen LogP contribution in [0, 0.1) is 0 Å². The maximum atomic E-state index is 5.60. The molecule has 0 atom stereocenters. The van der Waals surface area contributed by atoms with E-state index in [2.05, 4.69) is 43.5 Å². The van der Waals surface area contributed by atoms with Crippen LogP contribution in [0.3, 0.4) is 0 Å². The Kier molecular flexibility index (Phi) is 3.32. The van der Waals surface area contributed by atoms with Crippen LogP contribution < -0.4 is 5.73 Å². The Balaban J connectivity index is 3.06. The number of nitrogens with two attached hydrogens (primary N) is 1. The van der Waals surface area contributed by atoms with Gasteiger partial charge in [0.1, 0.15) is 0 Å². The number of hydrogen-bond acceptors (Lipinski definition) is 2. The summed E-state index contributed by atoms with van der Waals surface area (Å²) >= 11 is 0. The van der Waals surface area contributed by atoms with Gasteiger partial charge in [0.2, 0.25) is 0 Å². The molecule has 0 unspecified atom stereocenters. The predicted octanol–water partition coefficient (Wildman–Crippen LogP) is 2.05.